The molecule has 2 aliphatic rings. The molecular weight excluding hydrogens is 335 g/mol. The molecule has 1 N–H and O–H groups in total. The highest BCUT2D eigenvalue weighted by Gasteiger charge is 2.43. The van der Waals surface area contributed by atoms with Crippen LogP contribution in [0.1, 0.15) is 7.12 Å². The van der Waals surface area contributed by atoms with Gasteiger partial charge < -0.3 is 5.32 Å². The highest BCUT2D eigenvalue weighted by atomic mass is 19.4. The summed E-state index contributed by atoms with van der Waals surface area (Å²) in [6.45, 7) is 4.94. The zero-order chi connectivity index (χ0) is 18.0. The van der Waals surface area contributed by atoms with Crippen LogP contribution in [-0.4, -0.2) is 35.2 Å². The fourth-order valence-corrected chi connectivity index (χ4v) is 2.75. The summed E-state index contributed by atoms with van der Waals surface area (Å²) in [5.74, 6) is -0.229. The van der Waals surface area contributed by atoms with Crippen molar-refractivity contribution in [2.24, 2.45) is 11.0 Å². The summed E-state index contributed by atoms with van der Waals surface area (Å²) in [4.78, 5) is 16.7. The summed E-state index contributed by atoms with van der Waals surface area (Å²) in [5, 5.41) is 6.97. The zero-order valence-corrected chi connectivity index (χ0v) is 13.2. The lowest BCUT2D eigenvalue weighted by molar-refractivity contribution is -0.578. The molecule has 133 valence electrons. The van der Waals surface area contributed by atoms with E-state index in [0.29, 0.717) is 25.3 Å². The Bertz CT molecular complexity index is 732. The summed E-state index contributed by atoms with van der Waals surface area (Å²) in [7, 11) is 0. The summed E-state index contributed by atoms with van der Waals surface area (Å²) in [5.41, 5.74) is -0.397. The van der Waals surface area contributed by atoms with Crippen LogP contribution in [0.25, 0.3) is 0 Å². The van der Waals surface area contributed by atoms with E-state index in [4.69, 9.17) is 0 Å². The Hall–Kier alpha value is -2.71. The lowest BCUT2D eigenvalue weighted by Gasteiger charge is -2.32. The molecule has 9 heteroatoms. The number of alkyl halides is 3. The van der Waals surface area contributed by atoms with Gasteiger partial charge in [0, 0.05) is 20.6 Å². The largest absolute Gasteiger partial charge is 0.433 e. The number of rotatable bonds is 4. The first-order chi connectivity index (χ1) is 11.9. The topological polar surface area (TPSA) is 60.6 Å². The van der Waals surface area contributed by atoms with Gasteiger partial charge in [-0.1, -0.05) is 11.3 Å². The van der Waals surface area contributed by atoms with E-state index in [2.05, 4.69) is 22.0 Å². The quantitative estimate of drug-likeness (QED) is 0.669. The average molecular weight is 353 g/mol. The smallest absolute Gasteiger partial charge is 0.352 e. The van der Waals surface area contributed by atoms with E-state index in [-0.39, 0.29) is 13.3 Å². The van der Waals surface area contributed by atoms with Gasteiger partial charge in [-0.25, -0.2) is 4.98 Å². The van der Waals surface area contributed by atoms with Gasteiger partial charge in [0.15, 0.2) is 6.54 Å². The van der Waals surface area contributed by atoms with Gasteiger partial charge in [-0.2, -0.15) is 13.2 Å². The maximum Gasteiger partial charge on any atom is 0.433 e. The Kier molecular flexibility index (Phi) is 4.56. The predicted octanol–water partition coefficient (Wildman–Crippen LogP) is 2.57. The Morgan fingerprint density at radius 2 is 2.32 bits per heavy atom. The van der Waals surface area contributed by atoms with Crippen molar-refractivity contribution in [2.45, 2.75) is 6.18 Å². The van der Waals surface area contributed by atoms with Gasteiger partial charge in [-0.15, -0.1) is 0 Å². The van der Waals surface area contributed by atoms with Crippen LogP contribution < -0.4 is 10.2 Å². The molecule has 3 rings (SSSR count). The number of carbonyl (C=O) groups is 1. The fourth-order valence-electron chi connectivity index (χ4n) is 2.75. The van der Waals surface area contributed by atoms with Crippen LogP contribution in [0.3, 0.4) is 0 Å². The van der Waals surface area contributed by atoms with Crippen molar-refractivity contribution in [3.63, 3.8) is 0 Å². The number of azo groups is 2. The van der Waals surface area contributed by atoms with E-state index in [1.807, 2.05) is 4.90 Å². The van der Waals surface area contributed by atoms with Crippen LogP contribution >= 0.6 is 0 Å². The minimum atomic E-state index is -4.47. The third kappa shape index (κ3) is 3.70. The molecule has 0 saturated carbocycles. The number of hydrogen-bond donors (Lipinski definition) is 1. The van der Waals surface area contributed by atoms with Gasteiger partial charge in [0.25, 0.3) is 0 Å². The summed E-state index contributed by atoms with van der Waals surface area (Å²) < 4.78 is 39.8. The molecule has 1 aromatic rings. The van der Waals surface area contributed by atoms with Gasteiger partial charge in [0.2, 0.25) is 5.91 Å². The number of carbonyl (C=O) groups excluding carboxylic acids is 1. The standard InChI is InChI=1S/C16H16F3N5O.H2/c1-2-14(25)21-7-11-9-23(15-5-6-22-24(15)10-11)12-3-4-13(20-8-12)16(17,18)19;/h2-6,8,11H,1,7,9-10H2,(H,21,25);1H/q+1;. The van der Waals surface area contributed by atoms with Crippen molar-refractivity contribution in [1.29, 1.82) is 0 Å². The maximum atomic E-state index is 12.7. The second kappa shape index (κ2) is 6.66. The van der Waals surface area contributed by atoms with Crippen LogP contribution in [-0.2, 0) is 11.0 Å². The second-order valence-electron chi connectivity index (χ2n) is 5.70. The molecule has 3 heterocycles. The monoisotopic (exact) mass is 353 g/mol. The van der Waals surface area contributed by atoms with E-state index < -0.39 is 11.9 Å². The van der Waals surface area contributed by atoms with Crippen molar-refractivity contribution >= 4 is 11.6 Å². The number of pyridine rings is 1. The number of fused-ring (bicyclic) bond motifs is 1. The molecule has 0 spiro atoms. The molecule has 1 amide bonds. The van der Waals surface area contributed by atoms with Crippen LogP contribution in [0.2, 0.25) is 0 Å². The van der Waals surface area contributed by atoms with Crippen LogP contribution in [0, 0.1) is 12.1 Å². The molecule has 0 aliphatic carbocycles. The van der Waals surface area contributed by atoms with Crippen LogP contribution in [0.4, 0.5) is 18.9 Å². The van der Waals surface area contributed by atoms with Crippen molar-refractivity contribution in [2.75, 3.05) is 24.5 Å². The van der Waals surface area contributed by atoms with Gasteiger partial charge in [0.05, 0.1) is 24.0 Å². The van der Waals surface area contributed by atoms with E-state index in [1.165, 1.54) is 18.3 Å². The predicted molar refractivity (Wildman–Crippen MR) is 85.3 cm³/mol. The molecule has 2 aliphatic heterocycles. The third-order valence-corrected chi connectivity index (χ3v) is 3.94. The number of nitrogens with zero attached hydrogens (tertiary/aromatic N) is 4. The minimum absolute atomic E-state index is 0. The highest BCUT2D eigenvalue weighted by Crippen LogP contribution is 2.33. The number of nitrogens with one attached hydrogen (secondary N) is 1. The molecule has 1 aromatic heterocycles. The minimum Gasteiger partial charge on any atom is -0.352 e. The SMILES string of the molecule is C=CC(=O)NCC1CN(c2ccc(C(F)(F)F)nc2)[C]2C=CN=[N+]2C1.[HH]. The third-order valence-electron chi connectivity index (χ3n) is 3.94. The lowest BCUT2D eigenvalue weighted by atomic mass is 10.0. The molecule has 0 bridgehead atoms. The Labute approximate surface area is 143 Å². The van der Waals surface area contributed by atoms with Gasteiger partial charge >= 0.3 is 12.3 Å². The second-order valence-corrected chi connectivity index (χ2v) is 5.70. The van der Waals surface area contributed by atoms with Crippen molar-refractivity contribution in [3.8, 4) is 0 Å². The van der Waals surface area contributed by atoms with Gasteiger partial charge in [-0.05, 0) is 23.3 Å². The van der Waals surface area contributed by atoms with E-state index >= 15 is 0 Å². The molecule has 1 fully saturated rings. The molecule has 6 nitrogen and oxygen atoms in total. The molecular formula is C16H18F3N5O+. The number of halogens is 3. The number of hydrogen-bond acceptors (Lipinski definition) is 4. The summed E-state index contributed by atoms with van der Waals surface area (Å²) in [6.07, 6.45) is 2.11. The normalized spacial score (nSPS) is 20.2. The van der Waals surface area contributed by atoms with Crippen molar-refractivity contribution < 1.29 is 24.1 Å². The first-order valence-electron chi connectivity index (χ1n) is 7.61. The summed E-state index contributed by atoms with van der Waals surface area (Å²) >= 11 is 0. The maximum absolute atomic E-state index is 12.7. The molecule has 1 atom stereocenters. The molecule has 0 aromatic carbocycles. The van der Waals surface area contributed by atoms with Crippen LogP contribution in [0.5, 0.6) is 0 Å². The van der Waals surface area contributed by atoms with E-state index in [1.54, 1.807) is 17.0 Å². The zero-order valence-electron chi connectivity index (χ0n) is 13.2. The molecule has 1 unspecified atom stereocenters. The first-order valence-corrected chi connectivity index (χ1v) is 7.61. The summed E-state index contributed by atoms with van der Waals surface area (Å²) in [6, 6.07) is 2.34. The average Bonchev–Trinajstić information content (AvgIpc) is 3.06. The molecule has 1 radical (unpaired) electrons. The Morgan fingerprint density at radius 3 is 2.96 bits per heavy atom. The number of aromatic nitrogens is 1. The molecule has 25 heavy (non-hydrogen) atoms. The first kappa shape index (κ1) is 17.1. The Morgan fingerprint density at radius 1 is 1.52 bits per heavy atom. The number of anilines is 1. The van der Waals surface area contributed by atoms with Gasteiger partial charge in [-0.3, -0.25) is 9.69 Å². The fraction of sp³-hybridized carbons (Fsp3) is 0.312. The van der Waals surface area contributed by atoms with E-state index in [9.17, 15) is 18.0 Å². The lowest BCUT2D eigenvalue weighted by Crippen LogP contribution is -2.49. The highest BCUT2D eigenvalue weighted by molar-refractivity contribution is 5.86. The van der Waals surface area contributed by atoms with Crippen molar-refractivity contribution in [1.82, 2.24) is 10.3 Å². The van der Waals surface area contributed by atoms with Crippen molar-refractivity contribution in [3.05, 3.63) is 55.1 Å². The molecule has 1 saturated heterocycles. The van der Waals surface area contributed by atoms with Crippen LogP contribution in [0.15, 0.2) is 48.4 Å². The van der Waals surface area contributed by atoms with E-state index in [0.717, 1.165) is 12.2 Å². The van der Waals surface area contributed by atoms with Gasteiger partial charge in [0.1, 0.15) is 5.69 Å². The number of amides is 1. The Balaban J connectivity index is 0.00000243.